The number of carbonyl (C=O) groups is 2. The van der Waals surface area contributed by atoms with Crippen LogP contribution < -0.4 is 16.0 Å². The van der Waals surface area contributed by atoms with E-state index in [4.69, 9.17) is 0 Å². The predicted molar refractivity (Wildman–Crippen MR) is 72.5 cm³/mol. The van der Waals surface area contributed by atoms with E-state index in [-0.39, 0.29) is 17.9 Å². The van der Waals surface area contributed by atoms with Crippen molar-refractivity contribution >= 4 is 23.6 Å². The van der Waals surface area contributed by atoms with Crippen molar-refractivity contribution < 1.29 is 9.59 Å². The quantitative estimate of drug-likeness (QED) is 0.588. The first-order valence-corrected chi connectivity index (χ1v) is 7.79. The molecule has 2 aliphatic rings. The van der Waals surface area contributed by atoms with Crippen molar-refractivity contribution in [3.05, 3.63) is 0 Å². The second kappa shape index (κ2) is 6.99. The van der Waals surface area contributed by atoms with E-state index in [2.05, 4.69) is 16.0 Å². The smallest absolute Gasteiger partial charge is 0.237 e. The molecule has 1 heterocycles. The lowest BCUT2D eigenvalue weighted by molar-refractivity contribution is -0.123. The summed E-state index contributed by atoms with van der Waals surface area (Å²) in [5.41, 5.74) is 0. The highest BCUT2D eigenvalue weighted by molar-refractivity contribution is 7.99. The van der Waals surface area contributed by atoms with E-state index in [1.165, 1.54) is 0 Å². The fraction of sp³-hybridized carbons (Fsp3) is 0.833. The maximum Gasteiger partial charge on any atom is 0.237 e. The molecule has 6 heteroatoms. The lowest BCUT2D eigenvalue weighted by atomic mass is 10.2. The van der Waals surface area contributed by atoms with Crippen molar-refractivity contribution in [3.63, 3.8) is 0 Å². The van der Waals surface area contributed by atoms with E-state index in [9.17, 15) is 9.59 Å². The molecule has 1 unspecified atom stereocenters. The van der Waals surface area contributed by atoms with Gasteiger partial charge in [-0.3, -0.25) is 9.59 Å². The number of amides is 2. The molecule has 0 bridgehead atoms. The van der Waals surface area contributed by atoms with Gasteiger partial charge in [0.2, 0.25) is 11.8 Å². The number of hydrogen-bond acceptors (Lipinski definition) is 4. The van der Waals surface area contributed by atoms with E-state index < -0.39 is 0 Å². The Balaban J connectivity index is 1.51. The highest BCUT2D eigenvalue weighted by atomic mass is 32.2. The molecule has 0 spiro atoms. The highest BCUT2D eigenvalue weighted by Gasteiger charge is 2.23. The molecule has 3 N–H and O–H groups in total. The van der Waals surface area contributed by atoms with Gasteiger partial charge in [-0.25, -0.2) is 0 Å². The van der Waals surface area contributed by atoms with Crippen LogP contribution in [0.2, 0.25) is 0 Å². The Labute approximate surface area is 112 Å². The molecule has 1 saturated heterocycles. The van der Waals surface area contributed by atoms with Crippen LogP contribution >= 0.6 is 11.8 Å². The zero-order chi connectivity index (χ0) is 12.8. The van der Waals surface area contributed by atoms with Crippen LogP contribution in [0.4, 0.5) is 0 Å². The average molecular weight is 271 g/mol. The molecule has 18 heavy (non-hydrogen) atoms. The van der Waals surface area contributed by atoms with E-state index in [1.807, 2.05) is 0 Å². The van der Waals surface area contributed by atoms with Gasteiger partial charge < -0.3 is 16.0 Å². The van der Waals surface area contributed by atoms with Gasteiger partial charge in [0.05, 0.1) is 6.04 Å². The minimum atomic E-state index is -0.0657. The molecule has 1 atom stereocenters. The van der Waals surface area contributed by atoms with Crippen LogP contribution in [0.1, 0.15) is 25.7 Å². The number of rotatable bonds is 6. The number of thioether (sulfide) groups is 1. The van der Waals surface area contributed by atoms with Crippen molar-refractivity contribution in [1.29, 1.82) is 0 Å². The summed E-state index contributed by atoms with van der Waals surface area (Å²) in [6.45, 7) is 1.48. The van der Waals surface area contributed by atoms with E-state index in [0.717, 1.165) is 30.9 Å². The molecule has 1 aliphatic carbocycles. The fourth-order valence-corrected chi connectivity index (χ4v) is 2.78. The molecule has 5 nitrogen and oxygen atoms in total. The number of hydrogen-bond donors (Lipinski definition) is 3. The molecular weight excluding hydrogens is 250 g/mol. The van der Waals surface area contributed by atoms with Crippen molar-refractivity contribution in [2.45, 2.75) is 37.8 Å². The summed E-state index contributed by atoms with van der Waals surface area (Å²) in [6.07, 6.45) is 3.45. The highest BCUT2D eigenvalue weighted by Crippen LogP contribution is 2.18. The predicted octanol–water partition coefficient (Wildman–Crippen LogP) is -0.134. The van der Waals surface area contributed by atoms with Gasteiger partial charge in [0.25, 0.3) is 0 Å². The standard InChI is InChI=1S/C12H21N3O2S/c16-11(15-9-3-4-9)2-1-5-14-12(17)10-8-18-7-6-13-10/h9-10,13H,1-8H2,(H,14,17)(H,15,16). The summed E-state index contributed by atoms with van der Waals surface area (Å²) in [6, 6.07) is 0.361. The van der Waals surface area contributed by atoms with Crippen molar-refractivity contribution in [2.24, 2.45) is 0 Å². The monoisotopic (exact) mass is 271 g/mol. The van der Waals surface area contributed by atoms with Gasteiger partial charge in [0, 0.05) is 37.1 Å². The first kappa shape index (κ1) is 13.7. The fourth-order valence-electron chi connectivity index (χ4n) is 1.85. The SMILES string of the molecule is O=C(CCCNC(=O)C1CSCCN1)NC1CC1. The molecular formula is C12H21N3O2S. The summed E-state index contributed by atoms with van der Waals surface area (Å²) in [4.78, 5) is 23.1. The summed E-state index contributed by atoms with van der Waals surface area (Å²) < 4.78 is 0. The van der Waals surface area contributed by atoms with Crippen molar-refractivity contribution in [2.75, 3.05) is 24.6 Å². The molecule has 0 aromatic carbocycles. The normalized spacial score (nSPS) is 23.4. The Hall–Kier alpha value is -0.750. The Kier molecular flexibility index (Phi) is 5.31. The van der Waals surface area contributed by atoms with Gasteiger partial charge in [-0.15, -0.1) is 0 Å². The lowest BCUT2D eigenvalue weighted by Crippen LogP contribution is -2.49. The Morgan fingerprint density at radius 3 is 2.83 bits per heavy atom. The van der Waals surface area contributed by atoms with Crippen LogP contribution in [0.3, 0.4) is 0 Å². The van der Waals surface area contributed by atoms with Crippen LogP contribution in [0.25, 0.3) is 0 Å². The number of nitrogens with one attached hydrogen (secondary N) is 3. The van der Waals surface area contributed by atoms with Crippen LogP contribution in [-0.2, 0) is 9.59 Å². The lowest BCUT2D eigenvalue weighted by Gasteiger charge is -2.22. The third kappa shape index (κ3) is 4.86. The van der Waals surface area contributed by atoms with Crippen molar-refractivity contribution in [3.8, 4) is 0 Å². The number of carbonyl (C=O) groups excluding carboxylic acids is 2. The molecule has 0 aromatic rings. The van der Waals surface area contributed by atoms with E-state index in [0.29, 0.717) is 25.4 Å². The second-order valence-electron chi connectivity index (χ2n) is 4.82. The topological polar surface area (TPSA) is 70.2 Å². The summed E-state index contributed by atoms with van der Waals surface area (Å²) in [5.74, 6) is 2.09. The molecule has 2 amide bonds. The maximum atomic E-state index is 11.7. The van der Waals surface area contributed by atoms with Gasteiger partial charge in [0.15, 0.2) is 0 Å². The van der Waals surface area contributed by atoms with Crippen LogP contribution in [0.15, 0.2) is 0 Å². The first-order valence-electron chi connectivity index (χ1n) is 6.64. The van der Waals surface area contributed by atoms with Crippen LogP contribution in [-0.4, -0.2) is 48.5 Å². The zero-order valence-electron chi connectivity index (χ0n) is 10.5. The minimum Gasteiger partial charge on any atom is -0.355 e. The molecule has 2 fully saturated rings. The molecule has 0 radical (unpaired) electrons. The maximum absolute atomic E-state index is 11.7. The Bertz CT molecular complexity index is 302. The minimum absolute atomic E-state index is 0.0600. The Morgan fingerprint density at radius 2 is 2.17 bits per heavy atom. The molecule has 1 saturated carbocycles. The average Bonchev–Trinajstić information content (AvgIpc) is 3.19. The van der Waals surface area contributed by atoms with Crippen LogP contribution in [0, 0.1) is 0 Å². The zero-order valence-corrected chi connectivity index (χ0v) is 11.4. The van der Waals surface area contributed by atoms with Crippen LogP contribution in [0.5, 0.6) is 0 Å². The third-order valence-electron chi connectivity index (χ3n) is 3.06. The van der Waals surface area contributed by atoms with Crippen molar-refractivity contribution in [1.82, 2.24) is 16.0 Å². The van der Waals surface area contributed by atoms with Gasteiger partial charge >= 0.3 is 0 Å². The van der Waals surface area contributed by atoms with E-state index >= 15 is 0 Å². The second-order valence-corrected chi connectivity index (χ2v) is 5.97. The van der Waals surface area contributed by atoms with E-state index in [1.54, 1.807) is 11.8 Å². The molecule has 0 aromatic heterocycles. The largest absolute Gasteiger partial charge is 0.355 e. The Morgan fingerprint density at radius 1 is 1.33 bits per heavy atom. The first-order chi connectivity index (χ1) is 8.75. The summed E-state index contributed by atoms with van der Waals surface area (Å²) >= 11 is 1.80. The van der Waals surface area contributed by atoms with Gasteiger partial charge in [-0.2, -0.15) is 11.8 Å². The summed E-state index contributed by atoms with van der Waals surface area (Å²) in [7, 11) is 0. The molecule has 1 aliphatic heterocycles. The molecule has 102 valence electrons. The van der Waals surface area contributed by atoms with Gasteiger partial charge in [-0.05, 0) is 19.3 Å². The molecule has 2 rings (SSSR count). The third-order valence-corrected chi connectivity index (χ3v) is 4.12. The summed E-state index contributed by atoms with van der Waals surface area (Å²) in [5, 5.41) is 9.01. The van der Waals surface area contributed by atoms with Gasteiger partial charge in [-0.1, -0.05) is 0 Å². The van der Waals surface area contributed by atoms with Gasteiger partial charge in [0.1, 0.15) is 0 Å².